The van der Waals surface area contributed by atoms with Crippen LogP contribution < -0.4 is 5.32 Å². The van der Waals surface area contributed by atoms with E-state index in [4.69, 9.17) is 0 Å². The summed E-state index contributed by atoms with van der Waals surface area (Å²) in [5, 5.41) is 2.92. The van der Waals surface area contributed by atoms with Gasteiger partial charge in [-0.3, -0.25) is 4.79 Å². The molecule has 1 aromatic rings. The first-order valence-electron chi connectivity index (χ1n) is 4.36. The highest BCUT2D eigenvalue weighted by Gasteiger charge is 2.48. The Kier molecular flexibility index (Phi) is 1.37. The van der Waals surface area contributed by atoms with Gasteiger partial charge in [0.25, 0.3) is 0 Å². The molecule has 0 spiro atoms. The molecule has 0 saturated heterocycles. The number of nitrogens with one attached hydrogen (secondary N) is 1. The van der Waals surface area contributed by atoms with Crippen molar-refractivity contribution in [1.82, 2.24) is 0 Å². The van der Waals surface area contributed by atoms with Crippen LogP contribution in [0.5, 0.6) is 0 Å². The molecule has 1 aliphatic carbocycles. The summed E-state index contributed by atoms with van der Waals surface area (Å²) in [5.74, 6) is 0.945. The summed E-state index contributed by atoms with van der Waals surface area (Å²) in [7, 11) is 0. The molecule has 1 aromatic carbocycles. The van der Waals surface area contributed by atoms with Crippen molar-refractivity contribution in [3.63, 3.8) is 0 Å². The number of hydrogen-bond acceptors (Lipinski definition) is 1. The highest BCUT2D eigenvalue weighted by molar-refractivity contribution is 9.10. The van der Waals surface area contributed by atoms with E-state index in [9.17, 15) is 4.79 Å². The highest BCUT2D eigenvalue weighted by atomic mass is 79.9. The standard InChI is InChI=1S/C10H8BrNO/c11-5-1-2-6-7-4-8(7)10(13)12-9(6)3-5/h1-3,7-8H,4H2,(H,12,13). The van der Waals surface area contributed by atoms with Crippen molar-refractivity contribution in [2.45, 2.75) is 12.3 Å². The summed E-state index contributed by atoms with van der Waals surface area (Å²) in [5.41, 5.74) is 2.28. The molecule has 1 saturated carbocycles. The molecule has 3 rings (SSSR count). The van der Waals surface area contributed by atoms with Crippen LogP contribution in [0.15, 0.2) is 22.7 Å². The topological polar surface area (TPSA) is 29.1 Å². The van der Waals surface area contributed by atoms with Gasteiger partial charge >= 0.3 is 0 Å². The summed E-state index contributed by atoms with van der Waals surface area (Å²) in [4.78, 5) is 11.4. The Morgan fingerprint density at radius 2 is 2.23 bits per heavy atom. The summed E-state index contributed by atoms with van der Waals surface area (Å²) >= 11 is 3.39. The molecule has 1 N–H and O–H groups in total. The number of benzene rings is 1. The van der Waals surface area contributed by atoms with Gasteiger partial charge in [-0.15, -0.1) is 0 Å². The smallest absolute Gasteiger partial charge is 0.228 e. The molecule has 0 aromatic heterocycles. The molecule has 3 heteroatoms. The maximum absolute atomic E-state index is 11.4. The largest absolute Gasteiger partial charge is 0.326 e. The zero-order valence-corrected chi connectivity index (χ0v) is 8.47. The van der Waals surface area contributed by atoms with Gasteiger partial charge < -0.3 is 5.32 Å². The van der Waals surface area contributed by atoms with E-state index in [0.29, 0.717) is 5.92 Å². The van der Waals surface area contributed by atoms with Crippen LogP contribution in [-0.4, -0.2) is 5.91 Å². The molecule has 1 heterocycles. The Hall–Kier alpha value is -0.830. The Labute approximate surface area is 84.5 Å². The molecule has 2 atom stereocenters. The molecule has 66 valence electrons. The van der Waals surface area contributed by atoms with Crippen LogP contribution in [0, 0.1) is 5.92 Å². The van der Waals surface area contributed by atoms with Gasteiger partial charge in [-0.25, -0.2) is 0 Å². The van der Waals surface area contributed by atoms with E-state index in [0.717, 1.165) is 16.6 Å². The molecule has 0 bridgehead atoms. The van der Waals surface area contributed by atoms with Gasteiger partial charge in [0.2, 0.25) is 5.91 Å². The van der Waals surface area contributed by atoms with Crippen LogP contribution in [0.3, 0.4) is 0 Å². The van der Waals surface area contributed by atoms with Gasteiger partial charge in [-0.1, -0.05) is 22.0 Å². The number of carbonyl (C=O) groups is 1. The minimum atomic E-state index is 0.190. The van der Waals surface area contributed by atoms with Crippen molar-refractivity contribution in [3.05, 3.63) is 28.2 Å². The van der Waals surface area contributed by atoms with E-state index in [1.165, 1.54) is 5.56 Å². The van der Waals surface area contributed by atoms with Gasteiger partial charge in [0.1, 0.15) is 0 Å². The van der Waals surface area contributed by atoms with Crippen molar-refractivity contribution < 1.29 is 4.79 Å². The monoisotopic (exact) mass is 237 g/mol. The Bertz CT molecular complexity index is 402. The van der Waals surface area contributed by atoms with E-state index in [1.54, 1.807) is 0 Å². The lowest BCUT2D eigenvalue weighted by Crippen LogP contribution is -2.19. The quantitative estimate of drug-likeness (QED) is 0.739. The van der Waals surface area contributed by atoms with Crippen molar-refractivity contribution in [2.24, 2.45) is 5.92 Å². The van der Waals surface area contributed by atoms with Crippen LogP contribution in [0.4, 0.5) is 5.69 Å². The minimum absolute atomic E-state index is 0.190. The molecule has 2 aliphatic rings. The molecule has 0 radical (unpaired) electrons. The molecule has 13 heavy (non-hydrogen) atoms. The SMILES string of the molecule is O=C1Nc2cc(Br)ccc2C2CC12. The van der Waals surface area contributed by atoms with E-state index >= 15 is 0 Å². The molecule has 1 aliphatic heterocycles. The minimum Gasteiger partial charge on any atom is -0.326 e. The van der Waals surface area contributed by atoms with Gasteiger partial charge in [-0.2, -0.15) is 0 Å². The van der Waals surface area contributed by atoms with Crippen molar-refractivity contribution in [2.75, 3.05) is 5.32 Å². The van der Waals surface area contributed by atoms with Gasteiger partial charge in [0, 0.05) is 16.1 Å². The van der Waals surface area contributed by atoms with E-state index in [2.05, 4.69) is 27.3 Å². The Morgan fingerprint density at radius 3 is 3.08 bits per heavy atom. The molecular formula is C10H8BrNO. The first-order valence-corrected chi connectivity index (χ1v) is 5.15. The molecule has 1 fully saturated rings. The van der Waals surface area contributed by atoms with Crippen LogP contribution >= 0.6 is 15.9 Å². The average molecular weight is 238 g/mol. The third kappa shape index (κ3) is 1.03. The van der Waals surface area contributed by atoms with Crippen LogP contribution in [0.25, 0.3) is 0 Å². The maximum atomic E-state index is 11.4. The zero-order chi connectivity index (χ0) is 9.00. The lowest BCUT2D eigenvalue weighted by molar-refractivity contribution is -0.117. The predicted octanol–water partition coefficient (Wildman–Crippen LogP) is 2.50. The fraction of sp³-hybridized carbons (Fsp3) is 0.300. The fourth-order valence-electron chi connectivity index (χ4n) is 2.01. The highest BCUT2D eigenvalue weighted by Crippen LogP contribution is 2.53. The number of fused-ring (bicyclic) bond motifs is 3. The van der Waals surface area contributed by atoms with E-state index < -0.39 is 0 Å². The summed E-state index contributed by atoms with van der Waals surface area (Å²) in [6, 6.07) is 6.11. The number of halogens is 1. The number of amides is 1. The zero-order valence-electron chi connectivity index (χ0n) is 6.88. The maximum Gasteiger partial charge on any atom is 0.228 e. The molecule has 2 unspecified atom stereocenters. The first kappa shape index (κ1) is 7.56. The van der Waals surface area contributed by atoms with Gasteiger partial charge in [0.05, 0.1) is 0 Å². The number of anilines is 1. The number of hydrogen-bond donors (Lipinski definition) is 1. The van der Waals surface area contributed by atoms with Crippen molar-refractivity contribution >= 4 is 27.5 Å². The second kappa shape index (κ2) is 2.35. The normalized spacial score (nSPS) is 28.8. The first-order chi connectivity index (χ1) is 6.25. The van der Waals surface area contributed by atoms with Gasteiger partial charge in [-0.05, 0) is 30.0 Å². The van der Waals surface area contributed by atoms with Crippen molar-refractivity contribution in [3.8, 4) is 0 Å². The van der Waals surface area contributed by atoms with Gasteiger partial charge in [0.15, 0.2) is 0 Å². The van der Waals surface area contributed by atoms with Crippen molar-refractivity contribution in [1.29, 1.82) is 0 Å². The van der Waals surface area contributed by atoms with E-state index in [-0.39, 0.29) is 11.8 Å². The van der Waals surface area contributed by atoms with Crippen LogP contribution in [0.2, 0.25) is 0 Å². The van der Waals surface area contributed by atoms with Crippen LogP contribution in [0.1, 0.15) is 17.9 Å². The second-order valence-corrected chi connectivity index (χ2v) is 4.59. The third-order valence-corrected chi connectivity index (χ3v) is 3.29. The summed E-state index contributed by atoms with van der Waals surface area (Å²) < 4.78 is 1.02. The second-order valence-electron chi connectivity index (χ2n) is 3.67. The van der Waals surface area contributed by atoms with E-state index in [1.807, 2.05) is 12.1 Å². The lowest BCUT2D eigenvalue weighted by Gasteiger charge is -2.15. The lowest BCUT2D eigenvalue weighted by atomic mass is 10.0. The molecule has 1 amide bonds. The number of rotatable bonds is 0. The molecule has 2 nitrogen and oxygen atoms in total. The fourth-order valence-corrected chi connectivity index (χ4v) is 2.38. The Balaban J connectivity index is 2.14. The summed E-state index contributed by atoms with van der Waals surface area (Å²) in [6.07, 6.45) is 1.03. The van der Waals surface area contributed by atoms with Crippen LogP contribution in [-0.2, 0) is 4.79 Å². The molecular weight excluding hydrogens is 230 g/mol. The predicted molar refractivity (Wildman–Crippen MR) is 53.6 cm³/mol. The Morgan fingerprint density at radius 1 is 1.38 bits per heavy atom. The number of carbonyl (C=O) groups excluding carboxylic acids is 1. The third-order valence-electron chi connectivity index (χ3n) is 2.80. The average Bonchev–Trinajstić information content (AvgIpc) is 2.83. The summed E-state index contributed by atoms with van der Waals surface area (Å²) in [6.45, 7) is 0.